The van der Waals surface area contributed by atoms with Gasteiger partial charge >= 0.3 is 6.03 Å². The highest BCUT2D eigenvalue weighted by molar-refractivity contribution is 6.13. The summed E-state index contributed by atoms with van der Waals surface area (Å²) in [4.78, 5) is 23.9. The van der Waals surface area contributed by atoms with Crippen LogP contribution in [0.2, 0.25) is 0 Å². The van der Waals surface area contributed by atoms with Gasteiger partial charge in [0.15, 0.2) is 0 Å². The lowest BCUT2D eigenvalue weighted by molar-refractivity contribution is -0.121. The van der Waals surface area contributed by atoms with Crippen LogP contribution in [-0.2, 0) is 4.79 Å². The number of hydrogen-bond donors (Lipinski definition) is 1. The minimum Gasteiger partial charge on any atom is -0.497 e. The number of nitrogens with one attached hydrogen (secondary N) is 1. The molecule has 1 heterocycles. The lowest BCUT2D eigenvalue weighted by Crippen LogP contribution is -2.25. The number of urea groups is 1. The number of nitrogens with zero attached hydrogens (tertiary/aromatic N) is 1. The largest absolute Gasteiger partial charge is 0.497 e. The van der Waals surface area contributed by atoms with E-state index in [1.54, 1.807) is 19.3 Å². The molecule has 17 heavy (non-hydrogen) atoms. The lowest BCUT2D eigenvalue weighted by Gasteiger charge is -2.01. The molecule has 2 rings (SSSR count). The average molecular weight is 232 g/mol. The van der Waals surface area contributed by atoms with Gasteiger partial charge in [0, 0.05) is 7.05 Å². The summed E-state index contributed by atoms with van der Waals surface area (Å²) in [5.74, 6) is 0.363. The molecule has 88 valence electrons. The van der Waals surface area contributed by atoms with Crippen molar-refractivity contribution in [1.29, 1.82) is 0 Å². The molecule has 0 spiro atoms. The SMILES string of the molecule is COc1cccc(/C=C2/NC(=O)N(C)C2=O)c1. The summed E-state index contributed by atoms with van der Waals surface area (Å²) in [6.07, 6.45) is 1.62. The summed E-state index contributed by atoms with van der Waals surface area (Å²) in [5.41, 5.74) is 1.06. The van der Waals surface area contributed by atoms with Crippen LogP contribution in [0.5, 0.6) is 5.75 Å². The maximum Gasteiger partial charge on any atom is 0.328 e. The number of benzene rings is 1. The summed E-state index contributed by atoms with van der Waals surface area (Å²) in [6.45, 7) is 0. The standard InChI is InChI=1S/C12H12N2O3/c1-14-11(15)10(13-12(14)16)7-8-4-3-5-9(6-8)17-2/h3-7H,1-2H3,(H,13,16)/b10-7+. The van der Waals surface area contributed by atoms with Crippen molar-refractivity contribution in [2.24, 2.45) is 0 Å². The van der Waals surface area contributed by atoms with E-state index in [-0.39, 0.29) is 11.6 Å². The molecule has 0 aliphatic carbocycles. The second kappa shape index (κ2) is 4.29. The van der Waals surface area contributed by atoms with Gasteiger partial charge in [0.05, 0.1) is 7.11 Å². The van der Waals surface area contributed by atoms with Crippen LogP contribution in [0.15, 0.2) is 30.0 Å². The first-order valence-corrected chi connectivity index (χ1v) is 5.06. The molecule has 0 unspecified atom stereocenters. The Balaban J connectivity index is 2.30. The number of amides is 3. The van der Waals surface area contributed by atoms with Crippen LogP contribution < -0.4 is 10.1 Å². The molecule has 0 atom stereocenters. The van der Waals surface area contributed by atoms with Gasteiger partial charge in [0.2, 0.25) is 0 Å². The average Bonchev–Trinajstić information content (AvgIpc) is 2.57. The van der Waals surface area contributed by atoms with E-state index in [2.05, 4.69) is 5.32 Å². The molecule has 1 saturated heterocycles. The van der Waals surface area contributed by atoms with Crippen molar-refractivity contribution in [2.45, 2.75) is 0 Å². The second-order valence-electron chi connectivity index (χ2n) is 3.63. The number of imide groups is 1. The summed E-state index contributed by atoms with van der Waals surface area (Å²) in [7, 11) is 3.01. The fourth-order valence-corrected chi connectivity index (χ4v) is 1.52. The highest BCUT2D eigenvalue weighted by atomic mass is 16.5. The number of methoxy groups -OCH3 is 1. The zero-order chi connectivity index (χ0) is 12.4. The predicted octanol–water partition coefficient (Wildman–Crippen LogP) is 1.22. The molecule has 0 radical (unpaired) electrons. The first-order chi connectivity index (χ1) is 8.11. The summed E-state index contributed by atoms with van der Waals surface area (Å²) in [6, 6.07) is 6.82. The minimum absolute atomic E-state index is 0.269. The summed E-state index contributed by atoms with van der Waals surface area (Å²) in [5, 5.41) is 2.50. The zero-order valence-electron chi connectivity index (χ0n) is 9.56. The third kappa shape index (κ3) is 2.13. The quantitative estimate of drug-likeness (QED) is 0.616. The number of ether oxygens (including phenoxy) is 1. The molecule has 1 N–H and O–H groups in total. The number of rotatable bonds is 2. The van der Waals surface area contributed by atoms with Gasteiger partial charge in [0.1, 0.15) is 11.4 Å². The first kappa shape index (κ1) is 11.2. The molecule has 0 bridgehead atoms. The van der Waals surface area contributed by atoms with Crippen LogP contribution >= 0.6 is 0 Å². The maximum absolute atomic E-state index is 11.6. The third-order valence-corrected chi connectivity index (χ3v) is 2.49. The molecule has 1 aliphatic rings. The minimum atomic E-state index is -0.413. The van der Waals surface area contributed by atoms with Gasteiger partial charge in [-0.2, -0.15) is 0 Å². The van der Waals surface area contributed by atoms with E-state index >= 15 is 0 Å². The number of carbonyl (C=O) groups is 2. The Bertz CT molecular complexity index is 508. The smallest absolute Gasteiger partial charge is 0.328 e. The maximum atomic E-state index is 11.6. The first-order valence-electron chi connectivity index (χ1n) is 5.06. The summed E-state index contributed by atoms with van der Waals surface area (Å²) < 4.78 is 5.08. The van der Waals surface area contributed by atoms with E-state index < -0.39 is 6.03 Å². The van der Waals surface area contributed by atoms with Crippen LogP contribution in [0.25, 0.3) is 6.08 Å². The Morgan fingerprint density at radius 1 is 1.35 bits per heavy atom. The number of carbonyl (C=O) groups excluding carboxylic acids is 2. The molecular formula is C12H12N2O3. The predicted molar refractivity (Wildman–Crippen MR) is 62.3 cm³/mol. The van der Waals surface area contributed by atoms with E-state index in [0.29, 0.717) is 5.75 Å². The van der Waals surface area contributed by atoms with Gasteiger partial charge in [0.25, 0.3) is 5.91 Å². The van der Waals surface area contributed by atoms with Gasteiger partial charge in [-0.15, -0.1) is 0 Å². The van der Waals surface area contributed by atoms with Crippen LogP contribution in [0.4, 0.5) is 4.79 Å². The fourth-order valence-electron chi connectivity index (χ4n) is 1.52. The third-order valence-electron chi connectivity index (χ3n) is 2.49. The topological polar surface area (TPSA) is 58.6 Å². The highest BCUT2D eigenvalue weighted by Crippen LogP contribution is 2.17. The van der Waals surface area contributed by atoms with Crippen LogP contribution in [0, 0.1) is 0 Å². The van der Waals surface area contributed by atoms with E-state index in [4.69, 9.17) is 4.74 Å². The van der Waals surface area contributed by atoms with Crippen LogP contribution in [0.1, 0.15) is 5.56 Å². The van der Waals surface area contributed by atoms with E-state index in [1.807, 2.05) is 18.2 Å². The van der Waals surface area contributed by atoms with Gasteiger partial charge in [-0.3, -0.25) is 9.69 Å². The molecule has 0 saturated carbocycles. The van der Waals surface area contributed by atoms with Crippen molar-refractivity contribution in [3.63, 3.8) is 0 Å². The van der Waals surface area contributed by atoms with Crippen LogP contribution in [-0.4, -0.2) is 31.0 Å². The van der Waals surface area contributed by atoms with Gasteiger partial charge in [-0.25, -0.2) is 4.79 Å². The Labute approximate surface area is 98.7 Å². The fraction of sp³-hybridized carbons (Fsp3) is 0.167. The Morgan fingerprint density at radius 3 is 2.71 bits per heavy atom. The van der Waals surface area contributed by atoms with Crippen molar-refractivity contribution in [3.05, 3.63) is 35.5 Å². The molecule has 1 fully saturated rings. The zero-order valence-corrected chi connectivity index (χ0v) is 9.56. The van der Waals surface area contributed by atoms with Crippen molar-refractivity contribution in [3.8, 4) is 5.75 Å². The molecule has 5 heteroatoms. The molecule has 0 aromatic heterocycles. The highest BCUT2D eigenvalue weighted by Gasteiger charge is 2.29. The van der Waals surface area contributed by atoms with Gasteiger partial charge < -0.3 is 10.1 Å². The van der Waals surface area contributed by atoms with Crippen molar-refractivity contribution in [1.82, 2.24) is 10.2 Å². The molecule has 5 nitrogen and oxygen atoms in total. The molecule has 1 aromatic rings. The number of likely N-dealkylation sites (N-methyl/N-ethyl adjacent to an activating group) is 1. The van der Waals surface area contributed by atoms with Gasteiger partial charge in [-0.1, -0.05) is 12.1 Å². The molecule has 1 aromatic carbocycles. The van der Waals surface area contributed by atoms with Crippen LogP contribution in [0.3, 0.4) is 0 Å². The van der Waals surface area contributed by atoms with Crippen molar-refractivity contribution in [2.75, 3.05) is 14.2 Å². The Hall–Kier alpha value is -2.30. The Kier molecular flexibility index (Phi) is 2.82. The number of hydrogen-bond acceptors (Lipinski definition) is 3. The van der Waals surface area contributed by atoms with Crippen molar-refractivity contribution < 1.29 is 14.3 Å². The normalized spacial score (nSPS) is 17.5. The molecule has 1 aliphatic heterocycles. The van der Waals surface area contributed by atoms with E-state index in [1.165, 1.54) is 7.05 Å². The monoisotopic (exact) mass is 232 g/mol. The van der Waals surface area contributed by atoms with Crippen molar-refractivity contribution >= 4 is 18.0 Å². The van der Waals surface area contributed by atoms with E-state index in [0.717, 1.165) is 10.5 Å². The molecule has 3 amide bonds. The summed E-state index contributed by atoms with van der Waals surface area (Å²) >= 11 is 0. The van der Waals surface area contributed by atoms with E-state index in [9.17, 15) is 9.59 Å². The Morgan fingerprint density at radius 2 is 2.12 bits per heavy atom. The van der Waals surface area contributed by atoms with Gasteiger partial charge in [-0.05, 0) is 23.8 Å². The molecular weight excluding hydrogens is 220 g/mol. The second-order valence-corrected chi connectivity index (χ2v) is 3.63. The lowest BCUT2D eigenvalue weighted by atomic mass is 10.2.